The van der Waals surface area contributed by atoms with Crippen molar-refractivity contribution in [1.29, 1.82) is 5.41 Å². The van der Waals surface area contributed by atoms with Crippen molar-refractivity contribution >= 4 is 17.4 Å². The molecule has 0 saturated carbocycles. The number of amides is 1. The monoisotopic (exact) mass is 365 g/mol. The molecule has 0 aliphatic rings. The first-order chi connectivity index (χ1) is 12.3. The van der Waals surface area contributed by atoms with Crippen LogP contribution in [0, 0.1) is 11.2 Å². The van der Waals surface area contributed by atoms with Gasteiger partial charge in [-0.2, -0.15) is 13.2 Å². The van der Waals surface area contributed by atoms with Gasteiger partial charge >= 0.3 is 6.18 Å². The molecule has 8 heteroatoms. The third-order valence-electron chi connectivity index (χ3n) is 3.25. The van der Waals surface area contributed by atoms with E-state index < -0.39 is 29.9 Å². The quantitative estimate of drug-likeness (QED) is 0.424. The minimum Gasteiger partial charge on any atom is -0.362 e. The second-order valence-corrected chi connectivity index (χ2v) is 5.29. The maximum Gasteiger partial charge on any atom is 0.419 e. The van der Waals surface area contributed by atoms with E-state index in [4.69, 9.17) is 5.41 Å². The molecule has 0 heterocycles. The van der Waals surface area contributed by atoms with Crippen molar-refractivity contribution in [1.82, 2.24) is 5.32 Å². The van der Waals surface area contributed by atoms with Crippen molar-refractivity contribution in [2.75, 3.05) is 5.32 Å². The summed E-state index contributed by atoms with van der Waals surface area (Å²) in [6, 6.07) is 11.4. The van der Waals surface area contributed by atoms with Gasteiger partial charge in [-0.15, -0.1) is 0 Å². The lowest BCUT2D eigenvalue weighted by atomic mass is 10.1. The van der Waals surface area contributed by atoms with Crippen molar-refractivity contribution in [2.24, 2.45) is 0 Å². The van der Waals surface area contributed by atoms with Gasteiger partial charge in [0.05, 0.1) is 12.0 Å². The van der Waals surface area contributed by atoms with Crippen molar-refractivity contribution in [3.8, 4) is 0 Å². The summed E-state index contributed by atoms with van der Waals surface area (Å²) < 4.78 is 51.2. The fourth-order valence-corrected chi connectivity index (χ4v) is 2.08. The molecule has 4 nitrogen and oxygen atoms in total. The molecule has 0 atom stereocenters. The lowest BCUT2D eigenvalue weighted by Gasteiger charge is -2.10. The topological polar surface area (TPSA) is 65.0 Å². The van der Waals surface area contributed by atoms with Gasteiger partial charge in [-0.25, -0.2) is 4.39 Å². The van der Waals surface area contributed by atoms with E-state index in [1.165, 1.54) is 12.3 Å². The summed E-state index contributed by atoms with van der Waals surface area (Å²) in [6.45, 7) is 0. The first-order valence-electron chi connectivity index (χ1n) is 7.48. The molecule has 1 amide bonds. The fourth-order valence-electron chi connectivity index (χ4n) is 2.08. The number of para-hydroxylation sites is 1. The average molecular weight is 365 g/mol. The number of amidine groups is 1. The first-order valence-corrected chi connectivity index (χ1v) is 7.48. The molecule has 0 bridgehead atoms. The number of halogens is 4. The van der Waals surface area contributed by atoms with Crippen molar-refractivity contribution in [2.45, 2.75) is 12.6 Å². The molecule has 0 spiro atoms. The predicted octanol–water partition coefficient (Wildman–Crippen LogP) is 4.11. The predicted molar refractivity (Wildman–Crippen MR) is 90.2 cm³/mol. The van der Waals surface area contributed by atoms with Gasteiger partial charge in [0.1, 0.15) is 11.7 Å². The summed E-state index contributed by atoms with van der Waals surface area (Å²) in [5.74, 6) is -2.32. The lowest BCUT2D eigenvalue weighted by Crippen LogP contribution is -2.30. The zero-order valence-corrected chi connectivity index (χ0v) is 13.4. The fraction of sp³-hybridized carbons (Fsp3) is 0.111. The maximum atomic E-state index is 13.2. The Morgan fingerprint density at radius 2 is 1.81 bits per heavy atom. The second kappa shape index (κ2) is 8.28. The van der Waals surface area contributed by atoms with Gasteiger partial charge in [-0.3, -0.25) is 10.2 Å². The number of nitrogens with one attached hydrogen (secondary N) is 3. The van der Waals surface area contributed by atoms with Crippen LogP contribution in [0.15, 0.2) is 60.8 Å². The largest absolute Gasteiger partial charge is 0.419 e. The van der Waals surface area contributed by atoms with Gasteiger partial charge in [0.15, 0.2) is 0 Å². The van der Waals surface area contributed by atoms with Crippen LogP contribution in [0.5, 0.6) is 0 Å². The number of anilines is 1. The van der Waals surface area contributed by atoms with Crippen molar-refractivity contribution in [3.63, 3.8) is 0 Å². The molecule has 0 unspecified atom stereocenters. The van der Waals surface area contributed by atoms with Crippen LogP contribution in [0.1, 0.15) is 11.1 Å². The molecule has 0 saturated heterocycles. The van der Waals surface area contributed by atoms with E-state index in [1.54, 1.807) is 12.1 Å². The lowest BCUT2D eigenvalue weighted by molar-refractivity contribution is -0.140. The summed E-state index contributed by atoms with van der Waals surface area (Å²) in [5, 5.41) is 12.7. The normalized spacial score (nSPS) is 11.4. The number of hydrogen-bond donors (Lipinski definition) is 3. The summed E-state index contributed by atoms with van der Waals surface area (Å²) in [6.07, 6.45) is -2.52. The van der Waals surface area contributed by atoms with Gasteiger partial charge in [0.2, 0.25) is 5.91 Å². The average Bonchev–Trinajstić information content (AvgIpc) is 2.56. The van der Waals surface area contributed by atoms with Crippen LogP contribution in [0.25, 0.3) is 0 Å². The number of alkyl halides is 3. The number of carbonyl (C=O) groups is 1. The van der Waals surface area contributed by atoms with Gasteiger partial charge < -0.3 is 10.6 Å². The first kappa shape index (κ1) is 19.2. The van der Waals surface area contributed by atoms with Crippen molar-refractivity contribution < 1.29 is 22.4 Å². The zero-order valence-electron chi connectivity index (χ0n) is 13.4. The summed E-state index contributed by atoms with van der Waals surface area (Å²) in [7, 11) is 0. The molecule has 0 aromatic heterocycles. The van der Waals surface area contributed by atoms with Gasteiger partial charge in [-0.05, 0) is 35.9 Å². The highest BCUT2D eigenvalue weighted by Crippen LogP contribution is 2.31. The number of rotatable bonds is 5. The van der Waals surface area contributed by atoms with Crippen LogP contribution in [-0.2, 0) is 17.4 Å². The molecule has 3 N–H and O–H groups in total. The van der Waals surface area contributed by atoms with E-state index in [-0.39, 0.29) is 11.4 Å². The molecule has 26 heavy (non-hydrogen) atoms. The Bertz CT molecular complexity index is 817. The highest BCUT2D eigenvalue weighted by atomic mass is 19.4. The Morgan fingerprint density at radius 3 is 2.46 bits per heavy atom. The van der Waals surface area contributed by atoms with Crippen LogP contribution >= 0.6 is 0 Å². The standard InChI is InChI=1S/C18H15F4N3O/c19-15-7-6-12(10-14(15)18(20,21)22)11-17(26)25-16(23)8-9-24-13-4-2-1-3-5-13/h1-10,24H,11H2,(H2,23,25,26)/b9-8-. The third-order valence-corrected chi connectivity index (χ3v) is 3.25. The second-order valence-electron chi connectivity index (χ2n) is 5.29. The minimum absolute atomic E-state index is 0.00425. The Hall–Kier alpha value is -3.16. The van der Waals surface area contributed by atoms with Crippen LogP contribution in [0.4, 0.5) is 23.2 Å². The number of hydrogen-bond acceptors (Lipinski definition) is 3. The molecule has 136 valence electrons. The highest BCUT2D eigenvalue weighted by Gasteiger charge is 2.34. The van der Waals surface area contributed by atoms with Gasteiger partial charge in [0.25, 0.3) is 0 Å². The Kier molecular flexibility index (Phi) is 6.11. The summed E-state index contributed by atoms with van der Waals surface area (Å²) in [4.78, 5) is 11.8. The molecule has 0 fully saturated rings. The van der Waals surface area contributed by atoms with Gasteiger partial charge in [0, 0.05) is 11.9 Å². The molecule has 2 aromatic rings. The molecule has 0 radical (unpaired) electrons. The SMILES string of the molecule is N=C(/C=C\Nc1ccccc1)NC(=O)Cc1ccc(F)c(C(F)(F)F)c1. The van der Waals surface area contributed by atoms with E-state index in [9.17, 15) is 22.4 Å². The maximum absolute atomic E-state index is 13.2. The van der Waals surface area contributed by atoms with Crippen LogP contribution in [0.2, 0.25) is 0 Å². The van der Waals surface area contributed by atoms with Crippen LogP contribution < -0.4 is 10.6 Å². The molecular weight excluding hydrogens is 350 g/mol. The molecule has 0 aliphatic carbocycles. The summed E-state index contributed by atoms with van der Waals surface area (Å²) >= 11 is 0. The van der Waals surface area contributed by atoms with E-state index in [0.29, 0.717) is 12.1 Å². The Labute approximate surface area is 147 Å². The molecule has 2 rings (SSSR count). The number of carbonyl (C=O) groups excluding carboxylic acids is 1. The van der Waals surface area contributed by atoms with E-state index in [0.717, 1.165) is 11.8 Å². The zero-order chi connectivity index (χ0) is 19.2. The third kappa shape index (κ3) is 5.73. The van der Waals surface area contributed by atoms with Gasteiger partial charge in [-0.1, -0.05) is 24.3 Å². The molecule has 2 aromatic carbocycles. The molecular formula is C18H15F4N3O. The van der Waals surface area contributed by atoms with E-state index >= 15 is 0 Å². The Morgan fingerprint density at radius 1 is 1.12 bits per heavy atom. The van der Waals surface area contributed by atoms with E-state index in [2.05, 4.69) is 10.6 Å². The van der Waals surface area contributed by atoms with Crippen molar-refractivity contribution in [3.05, 3.63) is 77.8 Å². The Balaban J connectivity index is 1.91. The minimum atomic E-state index is -4.84. The molecule has 0 aliphatic heterocycles. The highest BCUT2D eigenvalue weighted by molar-refractivity contribution is 6.03. The van der Waals surface area contributed by atoms with Crippen LogP contribution in [0.3, 0.4) is 0 Å². The smallest absolute Gasteiger partial charge is 0.362 e. The number of benzene rings is 2. The summed E-state index contributed by atoms with van der Waals surface area (Å²) in [5.41, 5.74) is -0.644. The van der Waals surface area contributed by atoms with E-state index in [1.807, 2.05) is 18.2 Å². The van der Waals surface area contributed by atoms with Crippen LogP contribution in [-0.4, -0.2) is 11.7 Å².